The van der Waals surface area contributed by atoms with Crippen LogP contribution < -0.4 is 0 Å². The van der Waals surface area contributed by atoms with Gasteiger partial charge in [-0.25, -0.2) is 0 Å². The smallest absolute Gasteiger partial charge is 0.307 e. The molecule has 0 aromatic carbocycles. The number of ether oxygens (including phenoxy) is 1. The lowest BCUT2D eigenvalue weighted by molar-refractivity contribution is -0.135. The molecule has 1 aliphatic heterocycles. The van der Waals surface area contributed by atoms with E-state index < -0.39 is 0 Å². The van der Waals surface area contributed by atoms with Crippen LogP contribution >= 0.6 is 0 Å². The Morgan fingerprint density at radius 3 is 2.58 bits per heavy atom. The molecule has 0 saturated carbocycles. The first-order valence-electron chi connectivity index (χ1n) is 4.22. The van der Waals surface area contributed by atoms with Crippen LogP contribution in [0.3, 0.4) is 0 Å². The summed E-state index contributed by atoms with van der Waals surface area (Å²) in [7, 11) is 2.10. The van der Waals surface area contributed by atoms with E-state index in [-0.39, 0.29) is 5.97 Å². The molecule has 3 nitrogen and oxygen atoms in total. The van der Waals surface area contributed by atoms with Gasteiger partial charge in [0.2, 0.25) is 0 Å². The van der Waals surface area contributed by atoms with E-state index in [0.29, 0.717) is 0 Å². The van der Waals surface area contributed by atoms with E-state index in [1.165, 1.54) is 12.5 Å². The maximum Gasteiger partial charge on any atom is 0.307 e. The van der Waals surface area contributed by atoms with Crippen molar-refractivity contribution >= 4 is 5.97 Å². The third-order valence-corrected chi connectivity index (χ3v) is 2.02. The van der Waals surface area contributed by atoms with Crippen molar-refractivity contribution in [1.29, 1.82) is 0 Å². The third-order valence-electron chi connectivity index (χ3n) is 2.02. The highest BCUT2D eigenvalue weighted by Gasteiger charge is 2.09. The highest BCUT2D eigenvalue weighted by molar-refractivity contribution is 5.66. The third kappa shape index (κ3) is 3.05. The minimum absolute atomic E-state index is 0.235. The number of carbonyl (C=O) groups is 1. The summed E-state index contributed by atoms with van der Waals surface area (Å²) >= 11 is 0. The predicted octanol–water partition coefficient (Wildman–Crippen LogP) is 1.16. The van der Waals surface area contributed by atoms with Crippen LogP contribution in [0.15, 0.2) is 11.8 Å². The number of carbonyl (C=O) groups excluding carboxylic acids is 1. The van der Waals surface area contributed by atoms with Crippen molar-refractivity contribution in [3.63, 3.8) is 0 Å². The van der Waals surface area contributed by atoms with E-state index in [0.717, 1.165) is 25.9 Å². The van der Waals surface area contributed by atoms with E-state index in [4.69, 9.17) is 4.74 Å². The maximum absolute atomic E-state index is 10.5. The zero-order valence-corrected chi connectivity index (χ0v) is 7.67. The van der Waals surface area contributed by atoms with Crippen molar-refractivity contribution in [1.82, 2.24) is 4.90 Å². The van der Waals surface area contributed by atoms with Crippen LogP contribution in [0.2, 0.25) is 0 Å². The highest BCUT2D eigenvalue weighted by Crippen LogP contribution is 2.14. The second kappa shape index (κ2) is 4.26. The molecule has 1 heterocycles. The fourth-order valence-electron chi connectivity index (χ4n) is 1.19. The summed E-state index contributed by atoms with van der Waals surface area (Å²) in [6, 6.07) is 0. The standard InChI is InChI=1S/C9H15NO2/c1-8(11)12-7-9-3-5-10(2)6-4-9/h7H,3-6H2,1-2H3. The van der Waals surface area contributed by atoms with Gasteiger partial charge in [0.05, 0.1) is 6.26 Å². The number of rotatable bonds is 1. The Labute approximate surface area is 73.0 Å². The maximum atomic E-state index is 10.5. The first kappa shape index (κ1) is 9.26. The summed E-state index contributed by atoms with van der Waals surface area (Å²) in [4.78, 5) is 12.7. The molecule has 0 radical (unpaired) electrons. The SMILES string of the molecule is CC(=O)OC=C1CCN(C)CC1. The van der Waals surface area contributed by atoms with Gasteiger partial charge in [-0.2, -0.15) is 0 Å². The van der Waals surface area contributed by atoms with Gasteiger partial charge in [-0.05, 0) is 25.5 Å². The van der Waals surface area contributed by atoms with Gasteiger partial charge in [0.25, 0.3) is 0 Å². The van der Waals surface area contributed by atoms with Crippen molar-refractivity contribution in [3.8, 4) is 0 Å². The Bertz CT molecular complexity index is 189. The minimum atomic E-state index is -0.235. The molecule has 0 aliphatic carbocycles. The van der Waals surface area contributed by atoms with Crippen LogP contribution in [0.5, 0.6) is 0 Å². The summed E-state index contributed by atoms with van der Waals surface area (Å²) in [6.45, 7) is 3.55. The Balaban J connectivity index is 2.33. The van der Waals surface area contributed by atoms with Gasteiger partial charge in [0, 0.05) is 20.0 Å². The molecule has 0 spiro atoms. The molecule has 1 fully saturated rings. The molecule has 0 aromatic rings. The number of hydrogen-bond acceptors (Lipinski definition) is 3. The van der Waals surface area contributed by atoms with Gasteiger partial charge in [-0.15, -0.1) is 0 Å². The number of hydrogen-bond donors (Lipinski definition) is 0. The van der Waals surface area contributed by atoms with Gasteiger partial charge in [0.1, 0.15) is 0 Å². The molecule has 12 heavy (non-hydrogen) atoms. The van der Waals surface area contributed by atoms with Crippen molar-refractivity contribution in [2.45, 2.75) is 19.8 Å². The normalized spacial score (nSPS) is 19.0. The molecule has 0 bridgehead atoms. The molecule has 1 rings (SSSR count). The quantitative estimate of drug-likeness (QED) is 0.436. The summed E-state index contributed by atoms with van der Waals surface area (Å²) < 4.78 is 4.80. The summed E-state index contributed by atoms with van der Waals surface area (Å²) in [5, 5.41) is 0. The molecule has 0 N–H and O–H groups in total. The first-order valence-corrected chi connectivity index (χ1v) is 4.22. The minimum Gasteiger partial charge on any atom is -0.435 e. The van der Waals surface area contributed by atoms with E-state index in [2.05, 4.69) is 11.9 Å². The molecule has 0 atom stereocenters. The van der Waals surface area contributed by atoms with Gasteiger partial charge in [-0.1, -0.05) is 0 Å². The van der Waals surface area contributed by atoms with Gasteiger partial charge < -0.3 is 9.64 Å². The highest BCUT2D eigenvalue weighted by atomic mass is 16.5. The topological polar surface area (TPSA) is 29.5 Å². The molecular weight excluding hydrogens is 154 g/mol. The summed E-state index contributed by atoms with van der Waals surface area (Å²) in [5.74, 6) is -0.235. The molecule has 3 heteroatoms. The van der Waals surface area contributed by atoms with E-state index in [9.17, 15) is 4.79 Å². The fourth-order valence-corrected chi connectivity index (χ4v) is 1.19. The average Bonchev–Trinajstić information content (AvgIpc) is 2.03. The largest absolute Gasteiger partial charge is 0.435 e. The molecule has 0 unspecified atom stereocenters. The van der Waals surface area contributed by atoms with E-state index in [1.807, 2.05) is 0 Å². The Morgan fingerprint density at radius 1 is 1.50 bits per heavy atom. The molecule has 1 saturated heterocycles. The van der Waals surface area contributed by atoms with Crippen LogP contribution in [-0.2, 0) is 9.53 Å². The summed E-state index contributed by atoms with van der Waals surface area (Å²) in [6.07, 6.45) is 3.64. The molecule has 0 amide bonds. The summed E-state index contributed by atoms with van der Waals surface area (Å²) in [5.41, 5.74) is 1.24. The molecule has 68 valence electrons. The van der Waals surface area contributed by atoms with Crippen molar-refractivity contribution in [2.75, 3.05) is 20.1 Å². The lowest BCUT2D eigenvalue weighted by atomic mass is 10.1. The number of piperidine rings is 1. The first-order chi connectivity index (χ1) is 5.68. The van der Waals surface area contributed by atoms with Gasteiger partial charge >= 0.3 is 5.97 Å². The number of nitrogens with zero attached hydrogens (tertiary/aromatic N) is 1. The lowest BCUT2D eigenvalue weighted by Crippen LogP contribution is -2.26. The lowest BCUT2D eigenvalue weighted by Gasteiger charge is -2.23. The second-order valence-corrected chi connectivity index (χ2v) is 3.19. The van der Waals surface area contributed by atoms with Crippen molar-refractivity contribution < 1.29 is 9.53 Å². The monoisotopic (exact) mass is 169 g/mol. The van der Waals surface area contributed by atoms with E-state index >= 15 is 0 Å². The van der Waals surface area contributed by atoms with E-state index in [1.54, 1.807) is 6.26 Å². The van der Waals surface area contributed by atoms with Gasteiger partial charge in [-0.3, -0.25) is 4.79 Å². The number of likely N-dealkylation sites (tertiary alicyclic amines) is 1. The van der Waals surface area contributed by atoms with Crippen LogP contribution in [-0.4, -0.2) is 31.0 Å². The Kier molecular flexibility index (Phi) is 3.29. The Morgan fingerprint density at radius 2 is 2.08 bits per heavy atom. The zero-order chi connectivity index (χ0) is 8.97. The number of esters is 1. The van der Waals surface area contributed by atoms with Crippen molar-refractivity contribution in [2.24, 2.45) is 0 Å². The molecular formula is C9H15NO2. The molecule has 0 aromatic heterocycles. The van der Waals surface area contributed by atoms with Gasteiger partial charge in [0.15, 0.2) is 0 Å². The fraction of sp³-hybridized carbons (Fsp3) is 0.667. The van der Waals surface area contributed by atoms with Crippen LogP contribution in [0.1, 0.15) is 19.8 Å². The second-order valence-electron chi connectivity index (χ2n) is 3.19. The van der Waals surface area contributed by atoms with Crippen LogP contribution in [0, 0.1) is 0 Å². The average molecular weight is 169 g/mol. The van der Waals surface area contributed by atoms with Crippen LogP contribution in [0.4, 0.5) is 0 Å². The van der Waals surface area contributed by atoms with Crippen LogP contribution in [0.25, 0.3) is 0 Å². The molecule has 1 aliphatic rings. The predicted molar refractivity (Wildman–Crippen MR) is 46.6 cm³/mol. The Hall–Kier alpha value is -0.830. The van der Waals surface area contributed by atoms with Crippen molar-refractivity contribution in [3.05, 3.63) is 11.8 Å². The zero-order valence-electron chi connectivity index (χ0n) is 7.67.